The molecule has 154 valence electrons. The van der Waals surface area contributed by atoms with Crippen LogP contribution in [0.4, 0.5) is 0 Å². The Labute approximate surface area is 182 Å². The zero-order chi connectivity index (χ0) is 20.8. The van der Waals surface area contributed by atoms with E-state index >= 15 is 0 Å². The summed E-state index contributed by atoms with van der Waals surface area (Å²) < 4.78 is 5.95. The predicted octanol–water partition coefficient (Wildman–Crippen LogP) is 5.53. The molecule has 2 aromatic carbocycles. The third-order valence-corrected chi connectivity index (χ3v) is 5.48. The van der Waals surface area contributed by atoms with E-state index in [1.165, 1.54) is 0 Å². The molecule has 1 aliphatic rings. The van der Waals surface area contributed by atoms with Crippen molar-refractivity contribution in [3.63, 3.8) is 0 Å². The van der Waals surface area contributed by atoms with E-state index in [4.69, 9.17) is 27.9 Å². The number of rotatable bonds is 9. The number of carbonyl (C=O) groups excluding carboxylic acids is 1. The molecular weight excluding hydrogens is 407 g/mol. The van der Waals surface area contributed by atoms with Crippen LogP contribution in [-0.4, -0.2) is 30.8 Å². The molecule has 4 nitrogen and oxygen atoms in total. The quantitative estimate of drug-likeness (QED) is 0.529. The standard InChI is InChI=1S/C23H26Cl2N2O2/c1-15(2)29-22-9-5-17(14-18(22)6-10-23-26-11-12-27-23)21(28)8-4-16-3-7-19(24)20(25)13-16/h3,5,7,9,13-15H,4,6,8,10-12H2,1-2H3,(H,26,27). The lowest BCUT2D eigenvalue weighted by Crippen LogP contribution is -2.19. The summed E-state index contributed by atoms with van der Waals surface area (Å²) >= 11 is 12.0. The lowest BCUT2D eigenvalue weighted by Gasteiger charge is -2.16. The number of benzene rings is 2. The number of ether oxygens (including phenoxy) is 1. The average Bonchev–Trinajstić information content (AvgIpc) is 3.21. The number of aliphatic imine (C=N–C) groups is 1. The van der Waals surface area contributed by atoms with Gasteiger partial charge in [-0.05, 0) is 68.1 Å². The number of hydrogen-bond donors (Lipinski definition) is 1. The molecule has 0 saturated carbocycles. The van der Waals surface area contributed by atoms with Crippen molar-refractivity contribution >= 4 is 34.8 Å². The van der Waals surface area contributed by atoms with E-state index in [1.807, 2.05) is 44.2 Å². The van der Waals surface area contributed by atoms with Gasteiger partial charge in [0.2, 0.25) is 0 Å². The van der Waals surface area contributed by atoms with Gasteiger partial charge < -0.3 is 10.1 Å². The minimum Gasteiger partial charge on any atom is -0.491 e. The van der Waals surface area contributed by atoms with Crippen LogP contribution in [0.2, 0.25) is 10.0 Å². The predicted molar refractivity (Wildman–Crippen MR) is 120 cm³/mol. The lowest BCUT2D eigenvalue weighted by molar-refractivity contribution is 0.0982. The Hall–Kier alpha value is -2.04. The number of nitrogens with one attached hydrogen (secondary N) is 1. The summed E-state index contributed by atoms with van der Waals surface area (Å²) in [5, 5.41) is 4.33. The van der Waals surface area contributed by atoms with E-state index < -0.39 is 0 Å². The van der Waals surface area contributed by atoms with Gasteiger partial charge in [-0.1, -0.05) is 29.3 Å². The summed E-state index contributed by atoms with van der Waals surface area (Å²) in [4.78, 5) is 17.2. The fraction of sp³-hybridized carbons (Fsp3) is 0.391. The Morgan fingerprint density at radius 3 is 2.62 bits per heavy atom. The Kier molecular flexibility index (Phi) is 7.57. The summed E-state index contributed by atoms with van der Waals surface area (Å²) in [6, 6.07) is 11.2. The van der Waals surface area contributed by atoms with Crippen LogP contribution in [0.25, 0.3) is 0 Å². The molecule has 0 aliphatic carbocycles. The second kappa shape index (κ2) is 10.1. The van der Waals surface area contributed by atoms with Crippen molar-refractivity contribution in [2.24, 2.45) is 4.99 Å². The number of amidine groups is 1. The zero-order valence-corrected chi connectivity index (χ0v) is 18.3. The molecule has 3 rings (SSSR count). The second-order valence-corrected chi connectivity index (χ2v) is 8.23. The third-order valence-electron chi connectivity index (χ3n) is 4.74. The van der Waals surface area contributed by atoms with E-state index in [0.717, 1.165) is 48.6 Å². The van der Waals surface area contributed by atoms with Gasteiger partial charge in [0.15, 0.2) is 5.78 Å². The maximum absolute atomic E-state index is 12.8. The van der Waals surface area contributed by atoms with Gasteiger partial charge in [-0.2, -0.15) is 0 Å². The van der Waals surface area contributed by atoms with Gasteiger partial charge >= 0.3 is 0 Å². The van der Waals surface area contributed by atoms with E-state index in [-0.39, 0.29) is 11.9 Å². The van der Waals surface area contributed by atoms with Gasteiger partial charge in [0.1, 0.15) is 5.75 Å². The Balaban J connectivity index is 1.70. The number of ketones is 1. The first-order valence-corrected chi connectivity index (χ1v) is 10.7. The van der Waals surface area contributed by atoms with Crippen molar-refractivity contribution in [1.29, 1.82) is 0 Å². The van der Waals surface area contributed by atoms with Crippen LogP contribution in [0, 0.1) is 0 Å². The molecular formula is C23H26Cl2N2O2. The minimum atomic E-state index is 0.0758. The number of halogens is 2. The molecule has 0 spiro atoms. The number of nitrogens with zero attached hydrogens (tertiary/aromatic N) is 1. The molecule has 6 heteroatoms. The lowest BCUT2D eigenvalue weighted by atomic mass is 9.98. The summed E-state index contributed by atoms with van der Waals surface area (Å²) in [6.07, 6.45) is 2.70. The monoisotopic (exact) mass is 432 g/mol. The number of hydrogen-bond acceptors (Lipinski definition) is 4. The highest BCUT2D eigenvalue weighted by Gasteiger charge is 2.14. The maximum atomic E-state index is 12.8. The summed E-state index contributed by atoms with van der Waals surface area (Å²) in [6.45, 7) is 5.74. The van der Waals surface area contributed by atoms with Crippen molar-refractivity contribution < 1.29 is 9.53 Å². The van der Waals surface area contributed by atoms with Gasteiger partial charge in [-0.15, -0.1) is 0 Å². The van der Waals surface area contributed by atoms with Crippen LogP contribution < -0.4 is 10.1 Å². The average molecular weight is 433 g/mol. The SMILES string of the molecule is CC(C)Oc1ccc(C(=O)CCc2ccc(Cl)c(Cl)c2)cc1CCC1=NCCN1. The van der Waals surface area contributed by atoms with Gasteiger partial charge in [0.05, 0.1) is 28.5 Å². The molecule has 0 radical (unpaired) electrons. The largest absolute Gasteiger partial charge is 0.491 e. The topological polar surface area (TPSA) is 50.7 Å². The van der Waals surface area contributed by atoms with Crippen molar-refractivity contribution in [3.8, 4) is 5.75 Å². The Morgan fingerprint density at radius 1 is 1.10 bits per heavy atom. The first-order valence-electron chi connectivity index (χ1n) is 9.96. The first kappa shape index (κ1) is 21.7. The molecule has 29 heavy (non-hydrogen) atoms. The molecule has 0 atom stereocenters. The third kappa shape index (κ3) is 6.22. The molecule has 0 bridgehead atoms. The van der Waals surface area contributed by atoms with E-state index in [0.29, 0.717) is 28.5 Å². The van der Waals surface area contributed by atoms with Crippen molar-refractivity contribution in [2.75, 3.05) is 13.1 Å². The second-order valence-electron chi connectivity index (χ2n) is 7.42. The molecule has 1 heterocycles. The van der Waals surface area contributed by atoms with E-state index in [2.05, 4.69) is 10.3 Å². The summed E-state index contributed by atoms with van der Waals surface area (Å²) in [5.74, 6) is 1.96. The number of aryl methyl sites for hydroxylation is 2. The van der Waals surface area contributed by atoms with Crippen LogP contribution in [0.5, 0.6) is 5.75 Å². The zero-order valence-electron chi connectivity index (χ0n) is 16.8. The van der Waals surface area contributed by atoms with Gasteiger partial charge in [0, 0.05) is 24.9 Å². The van der Waals surface area contributed by atoms with Crippen molar-refractivity contribution in [1.82, 2.24) is 5.32 Å². The number of Topliss-reactive ketones (excluding diaryl/α,β-unsaturated/α-hetero) is 1. The highest BCUT2D eigenvalue weighted by atomic mass is 35.5. The van der Waals surface area contributed by atoms with Crippen molar-refractivity contribution in [2.45, 2.75) is 45.6 Å². The number of carbonyl (C=O) groups is 1. The van der Waals surface area contributed by atoms with Gasteiger partial charge in [-0.3, -0.25) is 9.79 Å². The van der Waals surface area contributed by atoms with Crippen LogP contribution >= 0.6 is 23.2 Å². The Bertz CT molecular complexity index is 910. The van der Waals surface area contributed by atoms with Crippen LogP contribution in [0.3, 0.4) is 0 Å². The smallest absolute Gasteiger partial charge is 0.163 e. The minimum absolute atomic E-state index is 0.0758. The van der Waals surface area contributed by atoms with Crippen LogP contribution in [-0.2, 0) is 12.8 Å². The molecule has 1 N–H and O–H groups in total. The molecule has 0 unspecified atom stereocenters. The molecule has 0 fully saturated rings. The van der Waals surface area contributed by atoms with Gasteiger partial charge in [0.25, 0.3) is 0 Å². The van der Waals surface area contributed by atoms with Crippen LogP contribution in [0.1, 0.15) is 48.2 Å². The van der Waals surface area contributed by atoms with E-state index in [1.54, 1.807) is 6.07 Å². The summed E-state index contributed by atoms with van der Waals surface area (Å²) in [7, 11) is 0. The fourth-order valence-electron chi connectivity index (χ4n) is 3.28. The highest BCUT2D eigenvalue weighted by molar-refractivity contribution is 6.42. The molecule has 0 aromatic heterocycles. The van der Waals surface area contributed by atoms with Crippen LogP contribution in [0.15, 0.2) is 41.4 Å². The van der Waals surface area contributed by atoms with Gasteiger partial charge in [-0.25, -0.2) is 0 Å². The normalized spacial score (nSPS) is 13.3. The maximum Gasteiger partial charge on any atom is 0.163 e. The van der Waals surface area contributed by atoms with E-state index in [9.17, 15) is 4.79 Å². The summed E-state index contributed by atoms with van der Waals surface area (Å²) in [5.41, 5.74) is 2.74. The molecule has 0 saturated heterocycles. The van der Waals surface area contributed by atoms with Crippen molar-refractivity contribution in [3.05, 3.63) is 63.1 Å². The molecule has 2 aromatic rings. The Morgan fingerprint density at radius 2 is 1.93 bits per heavy atom. The molecule has 1 aliphatic heterocycles. The molecule has 0 amide bonds. The highest BCUT2D eigenvalue weighted by Crippen LogP contribution is 2.26. The first-order chi connectivity index (χ1) is 13.9. The fourth-order valence-corrected chi connectivity index (χ4v) is 3.60.